The third kappa shape index (κ3) is 4.54. The zero-order valence-corrected chi connectivity index (χ0v) is 13.2. The van der Waals surface area contributed by atoms with Crippen molar-refractivity contribution in [3.63, 3.8) is 0 Å². The van der Waals surface area contributed by atoms with Crippen molar-refractivity contribution in [2.75, 3.05) is 13.2 Å². The molecular formula is C12H13F13O2. The van der Waals surface area contributed by atoms with Gasteiger partial charge in [-0.25, -0.2) is 0 Å². The van der Waals surface area contributed by atoms with E-state index < -0.39 is 61.5 Å². The molecule has 0 aromatic carbocycles. The molecule has 0 rings (SSSR count). The van der Waals surface area contributed by atoms with E-state index in [1.165, 1.54) is 6.92 Å². The summed E-state index contributed by atoms with van der Waals surface area (Å²) in [7, 11) is 0. The van der Waals surface area contributed by atoms with Gasteiger partial charge in [0.1, 0.15) is 0 Å². The minimum atomic E-state index is -7.90. The minimum Gasteiger partial charge on any atom is -0.391 e. The van der Waals surface area contributed by atoms with E-state index in [2.05, 4.69) is 4.74 Å². The molecule has 27 heavy (non-hydrogen) atoms. The van der Waals surface area contributed by atoms with Crippen LogP contribution in [0.4, 0.5) is 57.1 Å². The maximum atomic E-state index is 13.3. The average molecular weight is 436 g/mol. The Morgan fingerprint density at radius 1 is 0.704 bits per heavy atom. The molecule has 0 saturated heterocycles. The van der Waals surface area contributed by atoms with Crippen LogP contribution in [-0.2, 0) is 4.74 Å². The van der Waals surface area contributed by atoms with Crippen LogP contribution in [0.5, 0.6) is 0 Å². The number of rotatable bonds is 10. The van der Waals surface area contributed by atoms with E-state index >= 15 is 0 Å². The van der Waals surface area contributed by atoms with E-state index in [4.69, 9.17) is 5.11 Å². The Hall–Kier alpha value is -0.990. The van der Waals surface area contributed by atoms with Crippen LogP contribution in [0.2, 0.25) is 0 Å². The van der Waals surface area contributed by atoms with Crippen LogP contribution in [0.25, 0.3) is 0 Å². The van der Waals surface area contributed by atoms with Gasteiger partial charge in [0.15, 0.2) is 0 Å². The monoisotopic (exact) mass is 436 g/mol. The molecule has 0 aliphatic carbocycles. The van der Waals surface area contributed by atoms with Crippen LogP contribution in [-0.4, -0.2) is 60.2 Å². The normalized spacial score (nSPS) is 16.6. The van der Waals surface area contributed by atoms with Crippen LogP contribution in [0.15, 0.2) is 0 Å². The van der Waals surface area contributed by atoms with E-state index in [1.807, 2.05) is 0 Å². The van der Waals surface area contributed by atoms with E-state index in [1.54, 1.807) is 0 Å². The molecule has 1 N–H and O–H groups in total. The molecule has 0 spiro atoms. The molecule has 0 aromatic heterocycles. The average Bonchev–Trinajstić information content (AvgIpc) is 2.49. The number of hydrogen-bond acceptors (Lipinski definition) is 2. The first-order valence-electron chi connectivity index (χ1n) is 6.92. The number of halogens is 13. The molecule has 0 amide bonds. The van der Waals surface area contributed by atoms with Crippen molar-refractivity contribution >= 4 is 0 Å². The predicted molar refractivity (Wildman–Crippen MR) is 62.5 cm³/mol. The van der Waals surface area contributed by atoms with Gasteiger partial charge in [-0.05, 0) is 6.42 Å². The standard InChI is InChI=1S/C12H13F13O2/c1-2-6(26)5-27-4-3-7(13,14)8(15,16)9(17,18)10(19,20)11(21,22)12(23,24)25/h6,26H,2-5H2,1H3. The largest absolute Gasteiger partial charge is 0.460 e. The van der Waals surface area contributed by atoms with Gasteiger partial charge in [-0.15, -0.1) is 0 Å². The first kappa shape index (κ1) is 26.0. The summed E-state index contributed by atoms with van der Waals surface area (Å²) in [4.78, 5) is 0. The molecule has 15 heteroatoms. The Morgan fingerprint density at radius 3 is 1.48 bits per heavy atom. The van der Waals surface area contributed by atoms with E-state index in [-0.39, 0.29) is 6.42 Å². The lowest BCUT2D eigenvalue weighted by Crippen LogP contribution is -2.70. The number of hydrogen-bond donors (Lipinski definition) is 1. The molecule has 164 valence electrons. The van der Waals surface area contributed by atoms with Gasteiger partial charge in [-0.3, -0.25) is 0 Å². The zero-order chi connectivity index (χ0) is 22.1. The topological polar surface area (TPSA) is 29.5 Å². The zero-order valence-electron chi connectivity index (χ0n) is 13.2. The fraction of sp³-hybridized carbons (Fsp3) is 1.00. The Bertz CT molecular complexity index is 486. The van der Waals surface area contributed by atoms with Gasteiger partial charge >= 0.3 is 35.8 Å². The second-order valence-electron chi connectivity index (χ2n) is 5.39. The molecule has 0 aromatic rings. The minimum absolute atomic E-state index is 0.00334. The summed E-state index contributed by atoms with van der Waals surface area (Å²) < 4.78 is 170. The number of ether oxygens (including phenoxy) is 1. The quantitative estimate of drug-likeness (QED) is 0.390. The Morgan fingerprint density at radius 2 is 1.11 bits per heavy atom. The van der Waals surface area contributed by atoms with Gasteiger partial charge in [0.05, 0.1) is 19.3 Å². The smallest absolute Gasteiger partial charge is 0.391 e. The maximum absolute atomic E-state index is 13.3. The number of aliphatic hydroxyl groups is 1. The summed E-state index contributed by atoms with van der Waals surface area (Å²) in [6, 6.07) is 0. The third-order valence-corrected chi connectivity index (χ3v) is 3.34. The van der Waals surface area contributed by atoms with E-state index in [0.29, 0.717) is 0 Å². The highest BCUT2D eigenvalue weighted by atomic mass is 19.4. The fourth-order valence-electron chi connectivity index (χ4n) is 1.50. The SMILES string of the molecule is CCC(O)COCCC(F)(F)C(F)(F)C(F)(F)C(F)(F)C(F)(F)C(F)(F)F. The molecule has 0 bridgehead atoms. The second kappa shape index (κ2) is 7.79. The van der Waals surface area contributed by atoms with Gasteiger partial charge in [0, 0.05) is 6.42 Å². The van der Waals surface area contributed by atoms with Crippen LogP contribution in [0, 0.1) is 0 Å². The molecule has 0 fully saturated rings. The molecule has 2 nitrogen and oxygen atoms in total. The highest BCUT2D eigenvalue weighted by molar-refractivity contribution is 5.10. The fourth-order valence-corrected chi connectivity index (χ4v) is 1.50. The van der Waals surface area contributed by atoms with Crippen molar-refractivity contribution in [1.82, 2.24) is 0 Å². The van der Waals surface area contributed by atoms with Gasteiger partial charge < -0.3 is 9.84 Å². The van der Waals surface area contributed by atoms with Crippen molar-refractivity contribution in [3.8, 4) is 0 Å². The lowest BCUT2D eigenvalue weighted by Gasteiger charge is -2.39. The maximum Gasteiger partial charge on any atom is 0.460 e. The number of alkyl halides is 13. The summed E-state index contributed by atoms with van der Waals surface area (Å²) in [6.07, 6.45) is -11.1. The summed E-state index contributed by atoms with van der Waals surface area (Å²) in [6.45, 7) is -0.881. The lowest BCUT2D eigenvalue weighted by atomic mass is 9.93. The molecule has 1 unspecified atom stereocenters. The Labute approximate surface area is 143 Å². The molecule has 1 atom stereocenters. The van der Waals surface area contributed by atoms with Crippen molar-refractivity contribution in [3.05, 3.63) is 0 Å². The number of aliphatic hydroxyl groups excluding tert-OH is 1. The van der Waals surface area contributed by atoms with Crippen molar-refractivity contribution in [2.45, 2.75) is 61.7 Å². The lowest BCUT2D eigenvalue weighted by molar-refractivity contribution is -0.440. The van der Waals surface area contributed by atoms with Crippen LogP contribution in [0.3, 0.4) is 0 Å². The summed E-state index contributed by atoms with van der Waals surface area (Å²) in [5.41, 5.74) is 0. The van der Waals surface area contributed by atoms with Crippen molar-refractivity contribution < 1.29 is 66.9 Å². The van der Waals surface area contributed by atoms with Gasteiger partial charge in [-0.1, -0.05) is 6.92 Å². The molecule has 0 aliphatic rings. The first-order chi connectivity index (χ1) is 11.7. The van der Waals surface area contributed by atoms with Crippen LogP contribution < -0.4 is 0 Å². The molecule has 0 heterocycles. The molecular weight excluding hydrogens is 423 g/mol. The van der Waals surface area contributed by atoms with E-state index in [0.717, 1.165) is 0 Å². The molecule has 0 aliphatic heterocycles. The first-order valence-corrected chi connectivity index (χ1v) is 6.92. The van der Waals surface area contributed by atoms with Crippen molar-refractivity contribution in [2.24, 2.45) is 0 Å². The van der Waals surface area contributed by atoms with Crippen molar-refractivity contribution in [1.29, 1.82) is 0 Å². The van der Waals surface area contributed by atoms with E-state index in [9.17, 15) is 57.1 Å². The Balaban J connectivity index is 5.62. The summed E-state index contributed by atoms with van der Waals surface area (Å²) in [5, 5.41) is 8.98. The Kier molecular flexibility index (Phi) is 7.51. The highest BCUT2D eigenvalue weighted by Gasteiger charge is 2.90. The highest BCUT2D eigenvalue weighted by Crippen LogP contribution is 2.60. The van der Waals surface area contributed by atoms with Gasteiger partial charge in [0.25, 0.3) is 0 Å². The molecule has 0 saturated carbocycles. The summed E-state index contributed by atoms with van der Waals surface area (Å²) >= 11 is 0. The van der Waals surface area contributed by atoms with Crippen LogP contribution in [0.1, 0.15) is 19.8 Å². The predicted octanol–water partition coefficient (Wildman–Crippen LogP) is 4.90. The van der Waals surface area contributed by atoms with Gasteiger partial charge in [0.2, 0.25) is 0 Å². The third-order valence-electron chi connectivity index (χ3n) is 3.34. The van der Waals surface area contributed by atoms with Gasteiger partial charge in [-0.2, -0.15) is 57.1 Å². The summed E-state index contributed by atoms with van der Waals surface area (Å²) in [5.74, 6) is -36.9. The molecule has 0 radical (unpaired) electrons. The second-order valence-corrected chi connectivity index (χ2v) is 5.39. The van der Waals surface area contributed by atoms with Crippen LogP contribution >= 0.6 is 0 Å².